The van der Waals surface area contributed by atoms with Crippen molar-refractivity contribution in [1.82, 2.24) is 21.3 Å². The number of benzene rings is 1. The minimum Gasteiger partial charge on any atom is -0.463 e. The van der Waals surface area contributed by atoms with Crippen LogP contribution in [0.15, 0.2) is 42.5 Å². The lowest BCUT2D eigenvalue weighted by atomic mass is 9.89. The van der Waals surface area contributed by atoms with Gasteiger partial charge in [-0.15, -0.1) is 0 Å². The van der Waals surface area contributed by atoms with Gasteiger partial charge < -0.3 is 26.0 Å². The van der Waals surface area contributed by atoms with Crippen molar-refractivity contribution in [3.05, 3.63) is 48.0 Å². The molecule has 5 atom stereocenters. The Kier molecular flexibility index (Phi) is 13.5. The molecule has 1 saturated heterocycles. The summed E-state index contributed by atoms with van der Waals surface area (Å²) in [7, 11) is 0. The fourth-order valence-electron chi connectivity index (χ4n) is 4.63. The molecule has 1 heterocycles. The van der Waals surface area contributed by atoms with E-state index in [9.17, 15) is 24.0 Å². The van der Waals surface area contributed by atoms with Gasteiger partial charge in [0.1, 0.15) is 12.1 Å². The first-order chi connectivity index (χ1) is 19.4. The molecule has 1 aromatic rings. The van der Waals surface area contributed by atoms with Gasteiger partial charge in [-0.1, -0.05) is 58.9 Å². The molecular weight excluding hydrogens is 524 g/mol. The highest BCUT2D eigenvalue weighted by molar-refractivity contribution is 5.98. The molecule has 226 valence electrons. The van der Waals surface area contributed by atoms with E-state index >= 15 is 0 Å². The van der Waals surface area contributed by atoms with Crippen LogP contribution in [0.25, 0.3) is 0 Å². The molecule has 4 amide bonds. The first-order valence-corrected chi connectivity index (χ1v) is 14.5. The van der Waals surface area contributed by atoms with Gasteiger partial charge in [-0.25, -0.2) is 4.79 Å². The average Bonchev–Trinajstić information content (AvgIpc) is 3.33. The van der Waals surface area contributed by atoms with Gasteiger partial charge in [0.05, 0.1) is 6.61 Å². The summed E-state index contributed by atoms with van der Waals surface area (Å²) in [5.74, 6) is -2.29. The van der Waals surface area contributed by atoms with Gasteiger partial charge in [0.15, 0.2) is 0 Å². The fourth-order valence-corrected chi connectivity index (χ4v) is 4.63. The third-order valence-electron chi connectivity index (χ3n) is 7.30. The molecule has 0 saturated carbocycles. The van der Waals surface area contributed by atoms with Crippen molar-refractivity contribution in [2.75, 3.05) is 13.2 Å². The molecule has 2 rings (SSSR count). The molecule has 1 fully saturated rings. The van der Waals surface area contributed by atoms with Crippen LogP contribution in [0.3, 0.4) is 0 Å². The lowest BCUT2D eigenvalue weighted by Crippen LogP contribution is -2.57. The second-order valence-corrected chi connectivity index (χ2v) is 11.3. The summed E-state index contributed by atoms with van der Waals surface area (Å²) in [6.07, 6.45) is 4.05. The predicted octanol–water partition coefficient (Wildman–Crippen LogP) is 2.74. The Bertz CT molecular complexity index is 1070. The maximum Gasteiger partial charge on any atom is 0.330 e. The third kappa shape index (κ3) is 11.0. The molecule has 1 aromatic carbocycles. The number of hydrogen-bond donors (Lipinski definition) is 4. The van der Waals surface area contributed by atoms with Crippen LogP contribution in [0.2, 0.25) is 0 Å². The summed E-state index contributed by atoms with van der Waals surface area (Å²) < 4.78 is 4.96. The van der Waals surface area contributed by atoms with E-state index in [-0.39, 0.29) is 42.1 Å². The summed E-state index contributed by atoms with van der Waals surface area (Å²) in [5, 5.41) is 11.4. The van der Waals surface area contributed by atoms with Gasteiger partial charge in [-0.05, 0) is 56.1 Å². The quantitative estimate of drug-likeness (QED) is 0.189. The molecule has 10 heteroatoms. The topological polar surface area (TPSA) is 143 Å². The Morgan fingerprint density at radius 2 is 1.68 bits per heavy atom. The highest BCUT2D eigenvalue weighted by Crippen LogP contribution is 2.19. The van der Waals surface area contributed by atoms with E-state index in [4.69, 9.17) is 4.74 Å². The first-order valence-electron chi connectivity index (χ1n) is 14.5. The Morgan fingerprint density at radius 1 is 1.00 bits per heavy atom. The molecule has 0 radical (unpaired) electrons. The molecule has 0 bridgehead atoms. The second kappa shape index (κ2) is 16.5. The Hall–Kier alpha value is -3.69. The molecule has 0 aliphatic carbocycles. The normalized spacial score (nSPS) is 18.0. The molecule has 4 N–H and O–H groups in total. The molecule has 1 aliphatic rings. The standard InChI is InChI=1S/C31H46N4O6/c1-7-41-26(36)14-13-24(18-23-15-16-32-28(23)37)33-30(39)25(17-19(2)3)34-31(40)27(21(6)20(4)5)35-29(38)22-11-9-8-10-12-22/h8-14,19-21,23-25,27H,7,15-18H2,1-6H3,(H,32,37)(H,33,39)(H,34,40)(H,35,38)/b14-13+/t21-,23-,24+,25-,27-/m0/s1. The summed E-state index contributed by atoms with van der Waals surface area (Å²) in [6.45, 7) is 12.2. The van der Waals surface area contributed by atoms with Crippen molar-refractivity contribution in [3.63, 3.8) is 0 Å². The van der Waals surface area contributed by atoms with Gasteiger partial charge in [-0.3, -0.25) is 19.2 Å². The summed E-state index contributed by atoms with van der Waals surface area (Å²) in [4.78, 5) is 64.3. The lowest BCUT2D eigenvalue weighted by Gasteiger charge is -2.30. The van der Waals surface area contributed by atoms with Gasteiger partial charge in [0.25, 0.3) is 5.91 Å². The zero-order chi connectivity index (χ0) is 30.5. The smallest absolute Gasteiger partial charge is 0.330 e. The van der Waals surface area contributed by atoms with Gasteiger partial charge in [-0.2, -0.15) is 0 Å². The number of ether oxygens (including phenoxy) is 1. The van der Waals surface area contributed by atoms with Crippen molar-refractivity contribution in [2.24, 2.45) is 23.7 Å². The van der Waals surface area contributed by atoms with E-state index in [2.05, 4.69) is 21.3 Å². The van der Waals surface area contributed by atoms with Crippen molar-refractivity contribution < 1.29 is 28.7 Å². The van der Waals surface area contributed by atoms with Crippen LogP contribution < -0.4 is 21.3 Å². The van der Waals surface area contributed by atoms with E-state index < -0.39 is 35.9 Å². The minimum absolute atomic E-state index is 0.0695. The SMILES string of the molecule is CCOC(=O)/C=C/[C@H](C[C@@H]1CCNC1=O)NC(=O)[C@H](CC(C)C)NC(=O)[C@@H](NC(=O)c1ccccc1)[C@@H](C)C(C)C. The Balaban J connectivity index is 2.24. The van der Waals surface area contributed by atoms with Gasteiger partial charge >= 0.3 is 5.97 Å². The predicted molar refractivity (Wildman–Crippen MR) is 157 cm³/mol. The average molecular weight is 571 g/mol. The molecule has 0 aromatic heterocycles. The van der Waals surface area contributed by atoms with Crippen molar-refractivity contribution in [3.8, 4) is 0 Å². The van der Waals surface area contributed by atoms with Gasteiger partial charge in [0.2, 0.25) is 17.7 Å². The summed E-state index contributed by atoms with van der Waals surface area (Å²) in [5.41, 5.74) is 0.435. The summed E-state index contributed by atoms with van der Waals surface area (Å²) >= 11 is 0. The lowest BCUT2D eigenvalue weighted by molar-refractivity contribution is -0.137. The zero-order valence-electron chi connectivity index (χ0n) is 25.1. The number of esters is 1. The number of nitrogens with one attached hydrogen (secondary N) is 4. The van der Waals surface area contributed by atoms with Crippen LogP contribution in [-0.2, 0) is 23.9 Å². The minimum atomic E-state index is -0.895. The Morgan fingerprint density at radius 3 is 2.24 bits per heavy atom. The highest BCUT2D eigenvalue weighted by Gasteiger charge is 2.33. The van der Waals surface area contributed by atoms with Crippen molar-refractivity contribution >= 4 is 29.6 Å². The number of rotatable bonds is 15. The van der Waals surface area contributed by atoms with Crippen LogP contribution in [-0.4, -0.2) is 60.9 Å². The number of carbonyl (C=O) groups is 5. The van der Waals surface area contributed by atoms with Crippen LogP contribution in [0, 0.1) is 23.7 Å². The highest BCUT2D eigenvalue weighted by atomic mass is 16.5. The Labute approximate surface area is 243 Å². The molecule has 1 aliphatic heterocycles. The van der Waals surface area contributed by atoms with Crippen molar-refractivity contribution in [2.45, 2.75) is 78.9 Å². The number of carbonyl (C=O) groups excluding carboxylic acids is 5. The second-order valence-electron chi connectivity index (χ2n) is 11.3. The van der Waals surface area contributed by atoms with Crippen LogP contribution in [0.1, 0.15) is 71.2 Å². The third-order valence-corrected chi connectivity index (χ3v) is 7.30. The van der Waals surface area contributed by atoms with Crippen molar-refractivity contribution in [1.29, 1.82) is 0 Å². The maximum atomic E-state index is 13.6. The van der Waals surface area contributed by atoms with Crippen LogP contribution >= 0.6 is 0 Å². The fraction of sp³-hybridized carbons (Fsp3) is 0.581. The monoisotopic (exact) mass is 570 g/mol. The molecular formula is C31H46N4O6. The first kappa shape index (κ1) is 33.5. The molecule has 41 heavy (non-hydrogen) atoms. The molecule has 0 unspecified atom stereocenters. The van der Waals surface area contributed by atoms with E-state index in [1.807, 2.05) is 34.6 Å². The zero-order valence-corrected chi connectivity index (χ0v) is 25.1. The van der Waals surface area contributed by atoms with E-state index in [0.717, 1.165) is 0 Å². The largest absolute Gasteiger partial charge is 0.463 e. The van der Waals surface area contributed by atoms with Gasteiger partial charge in [0, 0.05) is 30.1 Å². The van der Waals surface area contributed by atoms with Crippen LogP contribution in [0.5, 0.6) is 0 Å². The summed E-state index contributed by atoms with van der Waals surface area (Å²) in [6, 6.07) is 6.27. The van der Waals surface area contributed by atoms with E-state index in [1.165, 1.54) is 12.2 Å². The maximum absolute atomic E-state index is 13.6. The molecule has 0 spiro atoms. The van der Waals surface area contributed by atoms with Crippen LogP contribution in [0.4, 0.5) is 0 Å². The number of amides is 4. The molecule has 10 nitrogen and oxygen atoms in total. The number of hydrogen-bond acceptors (Lipinski definition) is 6. The van der Waals surface area contributed by atoms with E-state index in [1.54, 1.807) is 37.3 Å². The van der Waals surface area contributed by atoms with E-state index in [0.29, 0.717) is 31.4 Å².